The van der Waals surface area contributed by atoms with E-state index < -0.39 is 0 Å². The van der Waals surface area contributed by atoms with Crippen molar-refractivity contribution in [3.05, 3.63) is 29.8 Å². The molecule has 4 heteroatoms. The van der Waals surface area contributed by atoms with Crippen LogP contribution in [-0.4, -0.2) is 18.2 Å². The fraction of sp³-hybridized carbons (Fsp3) is 0.364. The Morgan fingerprint density at radius 1 is 1.47 bits per heavy atom. The number of nitrogens with two attached hydrogens (primary N) is 1. The standard InChI is InChI=1S/C11H16N2OS/c1-8(11(12)14)13-7-9-3-5-10(15-2)6-4-9/h3-6,8,13H,7H2,1-2H3,(H2,12,14). The number of amides is 1. The van der Waals surface area contributed by atoms with Gasteiger partial charge in [0.2, 0.25) is 5.91 Å². The average molecular weight is 224 g/mol. The quantitative estimate of drug-likeness (QED) is 0.743. The molecule has 0 bridgehead atoms. The van der Waals surface area contributed by atoms with Crippen molar-refractivity contribution < 1.29 is 4.79 Å². The van der Waals surface area contributed by atoms with Crippen molar-refractivity contribution in [2.45, 2.75) is 24.4 Å². The molecule has 1 unspecified atom stereocenters. The third-order valence-corrected chi connectivity index (χ3v) is 2.94. The molecule has 0 aromatic heterocycles. The molecule has 1 aromatic rings. The van der Waals surface area contributed by atoms with Crippen molar-refractivity contribution in [3.8, 4) is 0 Å². The van der Waals surface area contributed by atoms with Crippen LogP contribution in [0.25, 0.3) is 0 Å². The number of primary amides is 1. The topological polar surface area (TPSA) is 55.1 Å². The third kappa shape index (κ3) is 3.93. The Morgan fingerprint density at radius 2 is 2.07 bits per heavy atom. The Balaban J connectivity index is 2.47. The van der Waals surface area contributed by atoms with Gasteiger partial charge in [0.15, 0.2) is 0 Å². The number of carbonyl (C=O) groups excluding carboxylic acids is 1. The molecule has 1 aromatic carbocycles. The Bertz CT molecular complexity index is 324. The maximum atomic E-state index is 10.8. The maximum Gasteiger partial charge on any atom is 0.234 e. The molecule has 1 amide bonds. The number of hydrogen-bond donors (Lipinski definition) is 2. The number of nitrogens with one attached hydrogen (secondary N) is 1. The van der Waals surface area contributed by atoms with Crippen LogP contribution in [0, 0.1) is 0 Å². The fourth-order valence-electron chi connectivity index (χ4n) is 1.11. The van der Waals surface area contributed by atoms with Gasteiger partial charge in [0, 0.05) is 11.4 Å². The van der Waals surface area contributed by atoms with Gasteiger partial charge < -0.3 is 11.1 Å². The summed E-state index contributed by atoms with van der Waals surface area (Å²) < 4.78 is 0. The minimum absolute atomic E-state index is 0.287. The zero-order valence-electron chi connectivity index (χ0n) is 8.99. The molecule has 0 spiro atoms. The van der Waals surface area contributed by atoms with Crippen LogP contribution in [-0.2, 0) is 11.3 Å². The second-order valence-corrected chi connectivity index (χ2v) is 4.23. The minimum Gasteiger partial charge on any atom is -0.368 e. The summed E-state index contributed by atoms with van der Waals surface area (Å²) in [6.07, 6.45) is 2.04. The van der Waals surface area contributed by atoms with Gasteiger partial charge in [0.05, 0.1) is 6.04 Å². The van der Waals surface area contributed by atoms with E-state index in [9.17, 15) is 4.79 Å². The van der Waals surface area contributed by atoms with Crippen LogP contribution in [0.15, 0.2) is 29.2 Å². The molecule has 1 atom stereocenters. The van der Waals surface area contributed by atoms with Crippen molar-refractivity contribution in [1.29, 1.82) is 0 Å². The molecule has 0 fully saturated rings. The zero-order chi connectivity index (χ0) is 11.3. The fourth-order valence-corrected chi connectivity index (χ4v) is 1.52. The van der Waals surface area contributed by atoms with Crippen LogP contribution in [0.4, 0.5) is 0 Å². The highest BCUT2D eigenvalue weighted by Gasteiger charge is 2.06. The van der Waals surface area contributed by atoms with Gasteiger partial charge in [-0.25, -0.2) is 0 Å². The lowest BCUT2D eigenvalue weighted by Crippen LogP contribution is -2.38. The van der Waals surface area contributed by atoms with Gasteiger partial charge in [-0.3, -0.25) is 4.79 Å². The smallest absolute Gasteiger partial charge is 0.234 e. The van der Waals surface area contributed by atoms with E-state index in [4.69, 9.17) is 5.73 Å². The van der Waals surface area contributed by atoms with Crippen molar-refractivity contribution in [1.82, 2.24) is 5.32 Å². The zero-order valence-corrected chi connectivity index (χ0v) is 9.80. The minimum atomic E-state index is -0.323. The van der Waals surface area contributed by atoms with E-state index >= 15 is 0 Å². The van der Waals surface area contributed by atoms with Gasteiger partial charge >= 0.3 is 0 Å². The Hall–Kier alpha value is -1.00. The monoisotopic (exact) mass is 224 g/mol. The lowest BCUT2D eigenvalue weighted by atomic mass is 10.2. The third-order valence-electron chi connectivity index (χ3n) is 2.20. The predicted molar refractivity (Wildman–Crippen MR) is 63.7 cm³/mol. The van der Waals surface area contributed by atoms with Crippen molar-refractivity contribution in [3.63, 3.8) is 0 Å². The molecule has 3 N–H and O–H groups in total. The summed E-state index contributed by atoms with van der Waals surface area (Å²) in [4.78, 5) is 12.0. The van der Waals surface area contributed by atoms with E-state index in [1.165, 1.54) is 4.90 Å². The molecule has 0 radical (unpaired) electrons. The second kappa shape index (κ2) is 5.78. The van der Waals surface area contributed by atoms with Gasteiger partial charge in [-0.15, -0.1) is 11.8 Å². The largest absolute Gasteiger partial charge is 0.368 e. The van der Waals surface area contributed by atoms with Crippen LogP contribution in [0.1, 0.15) is 12.5 Å². The number of benzene rings is 1. The Labute approximate surface area is 94.4 Å². The SMILES string of the molecule is CSc1ccc(CNC(C)C(N)=O)cc1. The first kappa shape index (κ1) is 12.1. The molecule has 3 nitrogen and oxygen atoms in total. The van der Waals surface area contributed by atoms with E-state index in [2.05, 4.69) is 17.4 Å². The highest BCUT2D eigenvalue weighted by atomic mass is 32.2. The van der Waals surface area contributed by atoms with Gasteiger partial charge in [-0.2, -0.15) is 0 Å². The van der Waals surface area contributed by atoms with E-state index in [1.807, 2.05) is 18.4 Å². The molecule has 0 saturated heterocycles. The highest BCUT2D eigenvalue weighted by molar-refractivity contribution is 7.98. The van der Waals surface area contributed by atoms with Crippen LogP contribution in [0.5, 0.6) is 0 Å². The first-order chi connectivity index (χ1) is 7.13. The van der Waals surface area contributed by atoms with Crippen LogP contribution < -0.4 is 11.1 Å². The summed E-state index contributed by atoms with van der Waals surface area (Å²) >= 11 is 1.71. The van der Waals surface area contributed by atoms with Crippen molar-refractivity contribution in [2.24, 2.45) is 5.73 Å². The molecule has 0 aliphatic rings. The molecule has 1 rings (SSSR count). The summed E-state index contributed by atoms with van der Waals surface area (Å²) in [5.41, 5.74) is 6.29. The molecule has 0 saturated carbocycles. The van der Waals surface area contributed by atoms with Gasteiger partial charge in [0.1, 0.15) is 0 Å². The lowest BCUT2D eigenvalue weighted by Gasteiger charge is -2.09. The normalized spacial score (nSPS) is 12.4. The summed E-state index contributed by atoms with van der Waals surface area (Å²) in [7, 11) is 0. The lowest BCUT2D eigenvalue weighted by molar-refractivity contribution is -0.119. The van der Waals surface area contributed by atoms with E-state index in [1.54, 1.807) is 18.7 Å². The summed E-state index contributed by atoms with van der Waals surface area (Å²) in [5.74, 6) is -0.323. The summed E-state index contributed by atoms with van der Waals surface area (Å²) in [5, 5.41) is 3.05. The molecule has 82 valence electrons. The van der Waals surface area contributed by atoms with E-state index in [0.29, 0.717) is 6.54 Å². The molecule has 0 aliphatic heterocycles. The second-order valence-electron chi connectivity index (χ2n) is 3.35. The average Bonchev–Trinajstić information content (AvgIpc) is 2.26. The van der Waals surface area contributed by atoms with Crippen molar-refractivity contribution in [2.75, 3.05) is 6.26 Å². The predicted octanol–water partition coefficient (Wildman–Crippen LogP) is 1.37. The number of carbonyl (C=O) groups is 1. The van der Waals surface area contributed by atoms with Crippen molar-refractivity contribution >= 4 is 17.7 Å². The van der Waals surface area contributed by atoms with Crippen LogP contribution in [0.2, 0.25) is 0 Å². The molecule has 0 heterocycles. The number of thioether (sulfide) groups is 1. The Morgan fingerprint density at radius 3 is 2.53 bits per heavy atom. The summed E-state index contributed by atoms with van der Waals surface area (Å²) in [6.45, 7) is 2.43. The molecular formula is C11H16N2OS. The molecular weight excluding hydrogens is 208 g/mol. The van der Waals surface area contributed by atoms with Gasteiger partial charge in [-0.1, -0.05) is 12.1 Å². The van der Waals surface area contributed by atoms with Gasteiger partial charge in [-0.05, 0) is 30.9 Å². The summed E-state index contributed by atoms with van der Waals surface area (Å²) in [6, 6.07) is 7.94. The number of hydrogen-bond acceptors (Lipinski definition) is 3. The van der Waals surface area contributed by atoms with E-state index in [-0.39, 0.29) is 11.9 Å². The molecule has 0 aliphatic carbocycles. The van der Waals surface area contributed by atoms with E-state index in [0.717, 1.165) is 5.56 Å². The van der Waals surface area contributed by atoms with Crippen LogP contribution in [0.3, 0.4) is 0 Å². The Kier molecular flexibility index (Phi) is 4.65. The first-order valence-electron chi connectivity index (χ1n) is 4.79. The maximum absolute atomic E-state index is 10.8. The number of rotatable bonds is 5. The first-order valence-corrected chi connectivity index (χ1v) is 6.01. The van der Waals surface area contributed by atoms with Gasteiger partial charge in [0.25, 0.3) is 0 Å². The van der Waals surface area contributed by atoms with Crippen LogP contribution >= 0.6 is 11.8 Å². The highest BCUT2D eigenvalue weighted by Crippen LogP contribution is 2.14. The molecule has 15 heavy (non-hydrogen) atoms.